The summed E-state index contributed by atoms with van der Waals surface area (Å²) < 4.78 is 27.1. The zero-order chi connectivity index (χ0) is 20.4. The highest BCUT2D eigenvalue weighted by molar-refractivity contribution is 6.35. The van der Waals surface area contributed by atoms with Gasteiger partial charge in [0.05, 0.1) is 11.6 Å². The van der Waals surface area contributed by atoms with Gasteiger partial charge in [-0.25, -0.2) is 8.78 Å². The lowest BCUT2D eigenvalue weighted by Gasteiger charge is -2.34. The lowest BCUT2D eigenvalue weighted by atomic mass is 10.2. The Morgan fingerprint density at radius 2 is 1.79 bits per heavy atom. The van der Waals surface area contributed by atoms with Gasteiger partial charge in [0.15, 0.2) is 0 Å². The quantitative estimate of drug-likeness (QED) is 0.648. The molecular formula is C18H20F2N4O4. The lowest BCUT2D eigenvalue weighted by molar-refractivity contribution is -0.146. The predicted octanol–water partition coefficient (Wildman–Crippen LogP) is 0.227. The lowest BCUT2D eigenvalue weighted by Crippen LogP contribution is -2.54. The number of amides is 3. The van der Waals surface area contributed by atoms with Crippen LogP contribution in [0.25, 0.3) is 10.9 Å². The highest BCUT2D eigenvalue weighted by atomic mass is 19.1. The molecule has 3 N–H and O–H groups in total. The average molecular weight is 394 g/mol. The molecule has 2 aromatic rings. The molecule has 1 fully saturated rings. The van der Waals surface area contributed by atoms with Gasteiger partial charge >= 0.3 is 11.8 Å². The number of fused-ring (bicyclic) bond motifs is 1. The smallest absolute Gasteiger partial charge is 0.312 e. The summed E-state index contributed by atoms with van der Waals surface area (Å²) in [5.74, 6) is -3.44. The monoisotopic (exact) mass is 394 g/mol. The van der Waals surface area contributed by atoms with Gasteiger partial charge in [-0.2, -0.15) is 0 Å². The number of aliphatic hydroxyl groups excluding tert-OH is 1. The minimum atomic E-state index is -0.811. The number of rotatable bonds is 3. The zero-order valence-corrected chi connectivity index (χ0v) is 15.2. The molecule has 1 aliphatic heterocycles. The molecule has 0 radical (unpaired) electrons. The van der Waals surface area contributed by atoms with Crippen molar-refractivity contribution in [3.63, 3.8) is 0 Å². The Morgan fingerprint density at radius 1 is 1.14 bits per heavy atom. The molecule has 1 saturated heterocycles. The van der Waals surface area contributed by atoms with Crippen molar-refractivity contribution in [2.75, 3.05) is 32.7 Å². The van der Waals surface area contributed by atoms with Crippen LogP contribution in [0.4, 0.5) is 8.78 Å². The molecule has 0 bridgehead atoms. The summed E-state index contributed by atoms with van der Waals surface area (Å²) in [6.45, 7) is 2.17. The van der Waals surface area contributed by atoms with Gasteiger partial charge in [-0.3, -0.25) is 14.4 Å². The SMILES string of the molecule is C[C@@H](O)CNC(=O)C(=O)N1CCN(C(=O)c2cc3c(F)cc(F)cc3[nH]2)CC1. The summed E-state index contributed by atoms with van der Waals surface area (Å²) in [5, 5.41) is 11.6. The minimum Gasteiger partial charge on any atom is -0.392 e. The van der Waals surface area contributed by atoms with Crippen LogP contribution in [0.15, 0.2) is 18.2 Å². The fraction of sp³-hybridized carbons (Fsp3) is 0.389. The zero-order valence-electron chi connectivity index (χ0n) is 15.2. The van der Waals surface area contributed by atoms with Gasteiger partial charge in [0.2, 0.25) is 0 Å². The number of piperazine rings is 1. The predicted molar refractivity (Wildman–Crippen MR) is 95.4 cm³/mol. The van der Waals surface area contributed by atoms with E-state index in [9.17, 15) is 23.2 Å². The third-order valence-electron chi connectivity index (χ3n) is 4.49. The van der Waals surface area contributed by atoms with Gasteiger partial charge in [0.25, 0.3) is 5.91 Å². The second-order valence-corrected chi connectivity index (χ2v) is 6.68. The van der Waals surface area contributed by atoms with Gasteiger partial charge in [-0.05, 0) is 19.1 Å². The number of aromatic nitrogens is 1. The molecule has 10 heteroatoms. The summed E-state index contributed by atoms with van der Waals surface area (Å²) in [6, 6.07) is 3.18. The molecule has 0 aliphatic carbocycles. The van der Waals surface area contributed by atoms with Crippen LogP contribution in [0.1, 0.15) is 17.4 Å². The van der Waals surface area contributed by atoms with E-state index in [0.29, 0.717) is 0 Å². The number of carbonyl (C=O) groups is 3. The maximum absolute atomic E-state index is 13.8. The van der Waals surface area contributed by atoms with Crippen molar-refractivity contribution in [1.29, 1.82) is 0 Å². The first-order valence-electron chi connectivity index (χ1n) is 8.78. The van der Waals surface area contributed by atoms with Gasteiger partial charge in [-0.1, -0.05) is 0 Å². The number of aliphatic hydroxyl groups is 1. The van der Waals surface area contributed by atoms with E-state index >= 15 is 0 Å². The van der Waals surface area contributed by atoms with Crippen LogP contribution in [0.3, 0.4) is 0 Å². The topological polar surface area (TPSA) is 106 Å². The van der Waals surface area contributed by atoms with E-state index in [2.05, 4.69) is 10.3 Å². The van der Waals surface area contributed by atoms with Crippen LogP contribution in [-0.4, -0.2) is 76.4 Å². The van der Waals surface area contributed by atoms with E-state index in [1.54, 1.807) is 0 Å². The minimum absolute atomic E-state index is 0.0272. The Bertz CT molecular complexity index is 920. The Labute approximate surface area is 159 Å². The van der Waals surface area contributed by atoms with E-state index in [4.69, 9.17) is 5.11 Å². The molecule has 1 atom stereocenters. The second-order valence-electron chi connectivity index (χ2n) is 6.68. The Morgan fingerprint density at radius 3 is 2.43 bits per heavy atom. The maximum atomic E-state index is 13.8. The number of nitrogens with one attached hydrogen (secondary N) is 2. The molecule has 1 aliphatic rings. The third-order valence-corrected chi connectivity index (χ3v) is 4.49. The largest absolute Gasteiger partial charge is 0.392 e. The summed E-state index contributed by atoms with van der Waals surface area (Å²) >= 11 is 0. The van der Waals surface area contributed by atoms with Gasteiger partial charge < -0.3 is 25.2 Å². The van der Waals surface area contributed by atoms with Crippen molar-refractivity contribution >= 4 is 28.6 Å². The standard InChI is InChI=1S/C18H20F2N4O4/c1-10(25)9-21-16(26)18(28)24-4-2-23(3-5-24)17(27)15-8-12-13(20)6-11(19)7-14(12)22-15/h6-8,10,22,25H,2-5,9H2,1H3,(H,21,26)/t10-/m1/s1. The molecule has 0 spiro atoms. The summed E-state index contributed by atoms with van der Waals surface area (Å²) in [7, 11) is 0. The molecule has 8 nitrogen and oxygen atoms in total. The first-order valence-corrected chi connectivity index (χ1v) is 8.78. The van der Waals surface area contributed by atoms with E-state index in [-0.39, 0.29) is 49.3 Å². The molecule has 3 rings (SSSR count). The summed E-state index contributed by atoms with van der Waals surface area (Å²) in [5.41, 5.74) is 0.304. The molecule has 1 aromatic carbocycles. The number of nitrogens with zero attached hydrogens (tertiary/aromatic N) is 2. The fourth-order valence-corrected chi connectivity index (χ4v) is 3.02. The number of H-pyrrole nitrogens is 1. The van der Waals surface area contributed by atoms with Gasteiger partial charge in [0.1, 0.15) is 17.3 Å². The first kappa shape index (κ1) is 19.7. The number of halogens is 2. The number of benzene rings is 1. The van der Waals surface area contributed by atoms with Crippen LogP contribution in [0.5, 0.6) is 0 Å². The van der Waals surface area contributed by atoms with Crippen LogP contribution < -0.4 is 5.32 Å². The number of hydrogen-bond acceptors (Lipinski definition) is 4. The average Bonchev–Trinajstić information content (AvgIpc) is 3.09. The van der Waals surface area contributed by atoms with Gasteiger partial charge in [-0.15, -0.1) is 0 Å². The normalized spacial score (nSPS) is 15.6. The van der Waals surface area contributed by atoms with E-state index < -0.39 is 35.5 Å². The fourth-order valence-electron chi connectivity index (χ4n) is 3.02. The highest BCUT2D eigenvalue weighted by Gasteiger charge is 2.29. The second kappa shape index (κ2) is 7.93. The number of aromatic amines is 1. The van der Waals surface area contributed by atoms with Crippen molar-refractivity contribution in [3.8, 4) is 0 Å². The van der Waals surface area contributed by atoms with Crippen LogP contribution in [0, 0.1) is 11.6 Å². The van der Waals surface area contributed by atoms with Crippen molar-refractivity contribution in [1.82, 2.24) is 20.1 Å². The molecular weight excluding hydrogens is 374 g/mol. The van der Waals surface area contributed by atoms with Crippen LogP contribution in [0.2, 0.25) is 0 Å². The molecule has 1 aromatic heterocycles. The van der Waals surface area contributed by atoms with Crippen molar-refractivity contribution in [3.05, 3.63) is 35.5 Å². The molecule has 3 amide bonds. The van der Waals surface area contributed by atoms with Crippen molar-refractivity contribution < 1.29 is 28.3 Å². The molecule has 150 valence electrons. The molecule has 0 unspecified atom stereocenters. The summed E-state index contributed by atoms with van der Waals surface area (Å²) in [6.07, 6.45) is -0.763. The first-order chi connectivity index (χ1) is 13.3. The highest BCUT2D eigenvalue weighted by Crippen LogP contribution is 2.21. The molecule has 0 saturated carbocycles. The van der Waals surface area contributed by atoms with Crippen LogP contribution >= 0.6 is 0 Å². The Kier molecular flexibility index (Phi) is 5.59. The number of hydrogen-bond donors (Lipinski definition) is 3. The van der Waals surface area contributed by atoms with Crippen molar-refractivity contribution in [2.45, 2.75) is 13.0 Å². The molecule has 2 heterocycles. The Balaban J connectivity index is 1.62. The third kappa shape index (κ3) is 4.11. The van der Waals surface area contributed by atoms with Crippen molar-refractivity contribution in [2.24, 2.45) is 0 Å². The number of carbonyl (C=O) groups excluding carboxylic acids is 3. The van der Waals surface area contributed by atoms with E-state index in [1.165, 1.54) is 22.8 Å². The molecule has 28 heavy (non-hydrogen) atoms. The summed E-state index contributed by atoms with van der Waals surface area (Å²) in [4.78, 5) is 42.0. The maximum Gasteiger partial charge on any atom is 0.312 e. The van der Waals surface area contributed by atoms with Gasteiger partial charge in [0, 0.05) is 44.2 Å². The van der Waals surface area contributed by atoms with Crippen LogP contribution in [-0.2, 0) is 9.59 Å². The Hall–Kier alpha value is -3.01. The van der Waals surface area contributed by atoms with E-state index in [1.807, 2.05) is 0 Å². The van der Waals surface area contributed by atoms with E-state index in [0.717, 1.165) is 12.1 Å².